The molecular weight excluding hydrogens is 1110 g/mol. The number of hydrogen-bond donors (Lipinski definition) is 2. The number of alkyl halides is 2. The predicted octanol–water partition coefficient (Wildman–Crippen LogP) is 15.1. The highest BCUT2D eigenvalue weighted by Crippen LogP contribution is 2.25. The van der Waals surface area contributed by atoms with Gasteiger partial charge in [0.05, 0.1) is 26.4 Å². The number of ether oxygens (including phenoxy) is 7. The highest BCUT2D eigenvalue weighted by Gasteiger charge is 2.39. The SMILES string of the molecule is CN(C(=O)OC(C)(C)C)[C@@H](CC(C)(C)F)C(=O)O.CN(C(=O)OC(C)(C)C)[C@@H](CC(C)(C)F)C(=O)O[C@H](Cc1ccc(N2CCOCC2)nc1)C(=O)OCc1ccccc1.O=C(OCc1ccccc1)[C@H](O)Cc1ccc(N2CCOCC2)nc1.[2H][2H].[2H][2H].[2H][2H].[2H][2H].[2H][2H].[2H][2H].[2H][2H].[2H][2H].[2H][2H].[2H][2H].[2H][2H].[2H][2H].[2H][2H].[2H][2H].[2H][2H].[2H][2H].[2H][2H].[2H][2H].[2H][2H].[2H][2H].[2H][2H].[2H][2H].[2H][2H].[2H][2H].[2H][2H].[2H][2H].[2H][2H]. The number of morpholine rings is 2. The van der Waals surface area contributed by atoms with Crippen LogP contribution < -0.4 is 9.80 Å². The van der Waals surface area contributed by atoms with E-state index in [0.717, 1.165) is 64.3 Å². The summed E-state index contributed by atoms with van der Waals surface area (Å²) in [5.41, 5.74) is -2.00. The van der Waals surface area contributed by atoms with Gasteiger partial charge in [0.15, 0.2) is 6.10 Å². The molecule has 0 radical (unpaired) electrons. The number of amides is 2. The summed E-state index contributed by atoms with van der Waals surface area (Å²) < 4.78 is 336. The number of carbonyl (C=O) groups excluding carboxylic acids is 5. The minimum Gasteiger partial charge on any atom is -0.480 e. The summed E-state index contributed by atoms with van der Waals surface area (Å²) in [5, 5.41) is 19.1. The molecular formula is C62H140F2N6O15. The average molecular weight is 1300 g/mol. The van der Waals surface area contributed by atoms with Crippen LogP contribution in [0.5, 0.6) is 0 Å². The number of halogens is 2. The quantitative estimate of drug-likeness (QED) is 0.0581. The van der Waals surface area contributed by atoms with Crippen LogP contribution in [0.4, 0.5) is 30.0 Å². The third kappa shape index (κ3) is 26.5. The maximum Gasteiger partial charge on any atom is 0.410 e. The molecule has 2 aromatic carbocycles. The Hall–Kier alpha value is -7.50. The number of aliphatic carboxylic acids is 1. The van der Waals surface area contributed by atoms with Gasteiger partial charge < -0.3 is 53.2 Å². The molecule has 21 nitrogen and oxygen atoms in total. The Morgan fingerprint density at radius 2 is 0.965 bits per heavy atom. The molecule has 4 atom stereocenters. The second-order valence-corrected chi connectivity index (χ2v) is 23.7. The molecule has 4 heterocycles. The van der Waals surface area contributed by atoms with Crippen LogP contribution in [-0.2, 0) is 78.4 Å². The second-order valence-electron chi connectivity index (χ2n) is 23.7. The van der Waals surface area contributed by atoms with Gasteiger partial charge in [0.1, 0.15) is 59.5 Å². The van der Waals surface area contributed by atoms with Crippen LogP contribution in [0.1, 0.15) is 185 Å². The van der Waals surface area contributed by atoms with Crippen molar-refractivity contribution >= 4 is 47.7 Å². The standard InChI is InChI=1S/C31H42FN3O7.C19H22N2O4.C12H22FNO4.27H2/c1-30(2,3)42-29(38)34(6)24(19-31(4,5)32)27(36)41-25(28(37)40-21-22-10-8-7-9-11-22)18-23-12-13-26(33-20-23)35-14-16-39-17-15-35;22-17(19(23)25-14-15-4-2-1-3-5-15)12-16-6-7-18(20-13-16)21-8-10-24-11-9-21;1-11(2,3)18-10(17)14(6)8(9(15)16)7-12(4,5)13;;;;;;;;;;;;;;;;;;;;;;;;;;;/h7-13,20,24-25H,14-19,21H2,1-6H3;1-7,13,17,22H,8-12,14H2;8H,7H2,1-6H3,(H,15,16);27*1H/t24-,25+;17-;8-;;;;;;;;;;;;;;;;;;;;;;;;;;;/m010.........................../s1/i;;;27*1+1D. The van der Waals surface area contributed by atoms with Crippen molar-refractivity contribution in [3.8, 4) is 0 Å². The lowest BCUT2D eigenvalue weighted by Gasteiger charge is -2.32. The van der Waals surface area contributed by atoms with Crippen LogP contribution in [0, 0.1) is 0 Å². The highest BCUT2D eigenvalue weighted by atomic mass is 19.1. The summed E-state index contributed by atoms with van der Waals surface area (Å²) in [6.45, 7) is 21.0. The Balaban J connectivity index is -0.0000000537. The van der Waals surface area contributed by atoms with E-state index in [1.54, 1.807) is 72.1 Å². The fourth-order valence-electron chi connectivity index (χ4n) is 8.20. The third-order valence-electron chi connectivity index (χ3n) is 12.6. The number of benzene rings is 2. The zero-order valence-corrected chi connectivity index (χ0v) is 51.1. The number of carbonyl (C=O) groups is 6. The van der Waals surface area contributed by atoms with E-state index < -0.39 is 82.9 Å². The van der Waals surface area contributed by atoms with E-state index in [1.165, 1.54) is 41.8 Å². The minimum atomic E-state index is -1.83. The lowest BCUT2D eigenvalue weighted by Crippen LogP contribution is -2.49. The van der Waals surface area contributed by atoms with Gasteiger partial charge in [0, 0.05) is 159 Å². The maximum atomic E-state index is 14.8. The summed E-state index contributed by atoms with van der Waals surface area (Å²) in [6, 6.07) is 23.3. The molecule has 522 valence electrons. The Labute approximate surface area is 581 Å². The second kappa shape index (κ2) is 32.7. The zero-order valence-electron chi connectivity index (χ0n) is 105. The first-order valence-electron chi connectivity index (χ1n) is 55.1. The van der Waals surface area contributed by atoms with Gasteiger partial charge >= 0.3 is 36.1 Å². The smallest absolute Gasteiger partial charge is 0.410 e. The average Bonchev–Trinajstić information content (AvgIpc) is 0.837. The molecule has 2 amide bonds. The number of esters is 3. The van der Waals surface area contributed by atoms with Crippen LogP contribution in [0.25, 0.3) is 0 Å². The number of hydrogen-bond acceptors (Lipinski definition) is 18. The normalized spacial score (nSPS) is 17.7. The van der Waals surface area contributed by atoms with E-state index in [1.807, 2.05) is 66.7 Å². The van der Waals surface area contributed by atoms with Gasteiger partial charge in [0.25, 0.3) is 0 Å². The van der Waals surface area contributed by atoms with Gasteiger partial charge in [0.2, 0.25) is 6.10 Å². The maximum absolute atomic E-state index is 14.8. The molecule has 0 aliphatic carbocycles. The number of aromatic nitrogens is 2. The number of carboxylic acid groups (broad SMARTS) is 1. The van der Waals surface area contributed by atoms with Crippen molar-refractivity contribution < 1.29 is 161 Å². The first-order chi connectivity index (χ1) is 66.8. The predicted molar refractivity (Wildman–Crippen MR) is 370 cm³/mol. The van der Waals surface area contributed by atoms with Crippen molar-refractivity contribution in [1.29, 1.82) is 0 Å². The van der Waals surface area contributed by atoms with Crippen molar-refractivity contribution in [3.63, 3.8) is 0 Å². The Kier molecular flexibility index (Phi) is 15.1. The number of rotatable bonds is 21. The number of likely N-dealkylation sites (N-methyl/N-ethyl adjacent to an activating group) is 2. The summed E-state index contributed by atoms with van der Waals surface area (Å²) in [5.74, 6) is -1.95. The number of anilines is 2. The first kappa shape index (κ1) is 39.2. The zero-order chi connectivity index (χ0) is 117. The summed E-state index contributed by atoms with van der Waals surface area (Å²) in [6.07, 6.45) is -1.36. The van der Waals surface area contributed by atoms with Crippen LogP contribution in [-0.4, -0.2) is 180 Å². The van der Waals surface area contributed by atoms with E-state index in [4.69, 9.17) is 118 Å². The number of aliphatic hydroxyl groups excluding tert-OH is 1. The topological polar surface area (TPSA) is 246 Å². The number of pyridine rings is 2. The van der Waals surface area contributed by atoms with Crippen molar-refractivity contribution in [2.75, 3.05) is 76.5 Å². The van der Waals surface area contributed by atoms with Crippen molar-refractivity contribution in [2.24, 2.45) is 0 Å². The fourth-order valence-corrected chi connectivity index (χ4v) is 8.20. The largest absolute Gasteiger partial charge is 0.480 e. The Bertz CT molecular complexity index is 2840. The number of carboxylic acids is 1. The summed E-state index contributed by atoms with van der Waals surface area (Å²) in [4.78, 5) is 89.3. The molecule has 0 unspecified atom stereocenters. The molecule has 0 bridgehead atoms. The van der Waals surface area contributed by atoms with Gasteiger partial charge in [-0.05, 0) is 104 Å². The lowest BCUT2D eigenvalue weighted by atomic mass is 10.00. The van der Waals surface area contributed by atoms with E-state index in [-0.39, 0.29) is 38.9 Å². The van der Waals surface area contributed by atoms with Gasteiger partial charge in [-0.25, -0.2) is 47.5 Å². The first-order valence-corrected chi connectivity index (χ1v) is 28.1. The fraction of sp³-hybridized carbons (Fsp3) is 0.548. The van der Waals surface area contributed by atoms with Gasteiger partial charge in [-0.2, -0.15) is 0 Å². The minimum absolute atomic E-state index is 0.0271. The van der Waals surface area contributed by atoms with E-state index in [0.29, 0.717) is 32.0 Å². The molecule has 0 spiro atoms. The molecule has 2 aromatic heterocycles. The van der Waals surface area contributed by atoms with Crippen LogP contribution in [0.2, 0.25) is 0 Å². The van der Waals surface area contributed by atoms with Gasteiger partial charge in [-0.3, -0.25) is 9.80 Å². The number of aliphatic hydroxyl groups is 1. The molecule has 2 N–H and O–H groups in total. The van der Waals surface area contributed by atoms with Crippen molar-refractivity contribution in [2.45, 2.75) is 155 Å². The lowest BCUT2D eigenvalue weighted by molar-refractivity contribution is -0.172. The van der Waals surface area contributed by atoms with E-state index in [9.17, 15) is 42.7 Å². The Morgan fingerprint density at radius 1 is 0.576 bits per heavy atom. The van der Waals surface area contributed by atoms with Gasteiger partial charge in [-0.15, -0.1) is 0 Å². The molecule has 4 aromatic rings. The monoisotopic (exact) mass is 1300 g/mol. The molecule has 23 heteroatoms. The molecule has 2 aliphatic heterocycles. The van der Waals surface area contributed by atoms with Crippen molar-refractivity contribution in [1.82, 2.24) is 19.8 Å². The van der Waals surface area contributed by atoms with Crippen LogP contribution in [0.3, 0.4) is 0 Å². The molecule has 2 saturated heterocycles. The molecule has 6 rings (SSSR count). The molecule has 2 fully saturated rings. The van der Waals surface area contributed by atoms with Crippen LogP contribution in [0.15, 0.2) is 97.3 Å². The summed E-state index contributed by atoms with van der Waals surface area (Å²) >= 11 is 0. The van der Waals surface area contributed by atoms with Gasteiger partial charge in [-0.1, -0.05) is 72.8 Å². The molecule has 0 saturated carbocycles. The highest BCUT2D eigenvalue weighted by molar-refractivity contribution is 5.85. The molecule has 85 heavy (non-hydrogen) atoms. The van der Waals surface area contributed by atoms with Crippen molar-refractivity contribution in [3.05, 3.63) is 120 Å². The van der Waals surface area contributed by atoms with E-state index >= 15 is 0 Å². The number of nitrogens with zero attached hydrogens (tertiary/aromatic N) is 6. The third-order valence-corrected chi connectivity index (χ3v) is 12.6. The molecule has 2 aliphatic rings. The van der Waals surface area contributed by atoms with E-state index in [2.05, 4.69) is 19.8 Å². The Morgan fingerprint density at radius 3 is 1.34 bits per heavy atom. The summed E-state index contributed by atoms with van der Waals surface area (Å²) in [7, 11) is 2.63. The van der Waals surface area contributed by atoms with Crippen LogP contribution >= 0.6 is 0 Å².